The lowest BCUT2D eigenvalue weighted by Gasteiger charge is -2.13. The van der Waals surface area contributed by atoms with E-state index >= 15 is 0 Å². The van der Waals surface area contributed by atoms with E-state index in [2.05, 4.69) is 5.32 Å². The molecule has 0 bridgehead atoms. The van der Waals surface area contributed by atoms with Gasteiger partial charge in [-0.1, -0.05) is 54.6 Å². The molecule has 0 aromatic heterocycles. The van der Waals surface area contributed by atoms with Gasteiger partial charge in [-0.2, -0.15) is 0 Å². The SMILES string of the molecule is COc1cccc(/C=C/c2cc(OC)c(OC)c(OC)c2)c1NC(=O)/C=C/c1ccccc1. The zero-order valence-corrected chi connectivity index (χ0v) is 19.1. The first kappa shape index (κ1) is 23.5. The lowest BCUT2D eigenvalue weighted by atomic mass is 10.1. The van der Waals surface area contributed by atoms with Gasteiger partial charge in [-0.05, 0) is 35.4 Å². The van der Waals surface area contributed by atoms with Gasteiger partial charge in [0.1, 0.15) is 5.75 Å². The number of benzene rings is 3. The van der Waals surface area contributed by atoms with Gasteiger partial charge in [-0.15, -0.1) is 0 Å². The fourth-order valence-electron chi connectivity index (χ4n) is 3.28. The number of amides is 1. The highest BCUT2D eigenvalue weighted by Gasteiger charge is 2.13. The predicted octanol–water partition coefficient (Wildman–Crippen LogP) is 5.54. The number of anilines is 1. The smallest absolute Gasteiger partial charge is 0.248 e. The second-order valence-corrected chi connectivity index (χ2v) is 6.95. The van der Waals surface area contributed by atoms with Crippen LogP contribution in [0.3, 0.4) is 0 Å². The molecule has 0 aliphatic carbocycles. The molecule has 3 aromatic carbocycles. The fourth-order valence-corrected chi connectivity index (χ4v) is 3.28. The van der Waals surface area contributed by atoms with Gasteiger partial charge in [0, 0.05) is 11.6 Å². The second kappa shape index (κ2) is 11.4. The molecule has 0 radical (unpaired) electrons. The van der Waals surface area contributed by atoms with E-state index in [1.807, 2.05) is 66.7 Å². The average molecular weight is 446 g/mol. The van der Waals surface area contributed by atoms with Gasteiger partial charge in [0.15, 0.2) is 11.5 Å². The summed E-state index contributed by atoms with van der Waals surface area (Å²) >= 11 is 0. The van der Waals surface area contributed by atoms with Crippen LogP contribution < -0.4 is 24.3 Å². The number of hydrogen-bond donors (Lipinski definition) is 1. The molecule has 0 saturated heterocycles. The van der Waals surface area contributed by atoms with Crippen LogP contribution in [0.4, 0.5) is 5.69 Å². The van der Waals surface area contributed by atoms with E-state index in [4.69, 9.17) is 18.9 Å². The minimum absolute atomic E-state index is 0.259. The first-order valence-electron chi connectivity index (χ1n) is 10.3. The highest BCUT2D eigenvalue weighted by atomic mass is 16.5. The number of carbonyl (C=O) groups excluding carboxylic acids is 1. The highest BCUT2D eigenvalue weighted by molar-refractivity contribution is 6.04. The van der Waals surface area contributed by atoms with E-state index in [1.165, 1.54) is 6.08 Å². The Morgan fingerprint density at radius 3 is 1.97 bits per heavy atom. The molecular formula is C27H27NO5. The van der Waals surface area contributed by atoms with Crippen molar-refractivity contribution in [3.8, 4) is 23.0 Å². The van der Waals surface area contributed by atoms with Crippen LogP contribution in [0.25, 0.3) is 18.2 Å². The van der Waals surface area contributed by atoms with Crippen molar-refractivity contribution in [1.82, 2.24) is 0 Å². The fraction of sp³-hybridized carbons (Fsp3) is 0.148. The number of hydrogen-bond acceptors (Lipinski definition) is 5. The maximum Gasteiger partial charge on any atom is 0.248 e. The lowest BCUT2D eigenvalue weighted by Crippen LogP contribution is -2.10. The van der Waals surface area contributed by atoms with Gasteiger partial charge in [0.05, 0.1) is 34.1 Å². The molecule has 1 amide bonds. The second-order valence-electron chi connectivity index (χ2n) is 6.95. The van der Waals surface area contributed by atoms with Gasteiger partial charge in [-0.25, -0.2) is 0 Å². The van der Waals surface area contributed by atoms with Crippen molar-refractivity contribution < 1.29 is 23.7 Å². The standard InChI is InChI=1S/C27H27NO5/c1-30-22-12-8-11-21(26(22)28-25(29)16-14-19-9-6-5-7-10-19)15-13-20-17-23(31-2)27(33-4)24(18-20)32-3/h5-18H,1-4H3,(H,28,29)/b15-13+,16-14+. The van der Waals surface area contributed by atoms with Gasteiger partial charge in [-0.3, -0.25) is 4.79 Å². The topological polar surface area (TPSA) is 66.0 Å². The zero-order chi connectivity index (χ0) is 23.6. The van der Waals surface area contributed by atoms with Crippen molar-refractivity contribution in [2.75, 3.05) is 33.8 Å². The molecule has 170 valence electrons. The number of para-hydroxylation sites is 1. The summed E-state index contributed by atoms with van der Waals surface area (Å²) in [5.74, 6) is 1.94. The summed E-state index contributed by atoms with van der Waals surface area (Å²) in [6.45, 7) is 0. The van der Waals surface area contributed by atoms with Crippen LogP contribution in [0.1, 0.15) is 16.7 Å². The minimum Gasteiger partial charge on any atom is -0.495 e. The van der Waals surface area contributed by atoms with Crippen molar-refractivity contribution in [2.45, 2.75) is 0 Å². The molecule has 3 rings (SSSR count). The molecule has 6 nitrogen and oxygen atoms in total. The van der Waals surface area contributed by atoms with Crippen LogP contribution in [-0.4, -0.2) is 34.3 Å². The van der Waals surface area contributed by atoms with E-state index in [-0.39, 0.29) is 5.91 Å². The van der Waals surface area contributed by atoms with Crippen molar-refractivity contribution in [3.05, 3.63) is 83.4 Å². The molecule has 0 unspecified atom stereocenters. The summed E-state index contributed by atoms with van der Waals surface area (Å²) in [7, 11) is 6.28. The maximum absolute atomic E-state index is 12.6. The lowest BCUT2D eigenvalue weighted by molar-refractivity contribution is -0.111. The number of ether oxygens (including phenoxy) is 4. The summed E-state index contributed by atoms with van der Waals surface area (Å²) in [6.07, 6.45) is 7.04. The summed E-state index contributed by atoms with van der Waals surface area (Å²) < 4.78 is 21.7. The Bertz CT molecular complexity index is 1130. The summed E-state index contributed by atoms with van der Waals surface area (Å²) in [5, 5.41) is 2.93. The zero-order valence-electron chi connectivity index (χ0n) is 19.1. The van der Waals surface area contributed by atoms with Crippen LogP contribution in [-0.2, 0) is 4.79 Å². The highest BCUT2D eigenvalue weighted by Crippen LogP contribution is 2.39. The van der Waals surface area contributed by atoms with Crippen LogP contribution in [0, 0.1) is 0 Å². The van der Waals surface area contributed by atoms with Crippen molar-refractivity contribution in [1.29, 1.82) is 0 Å². The Morgan fingerprint density at radius 1 is 0.697 bits per heavy atom. The third-order valence-electron chi connectivity index (χ3n) is 4.90. The Kier molecular flexibility index (Phi) is 8.13. The van der Waals surface area contributed by atoms with E-state index in [9.17, 15) is 4.79 Å². The van der Waals surface area contributed by atoms with Crippen LogP contribution in [0.2, 0.25) is 0 Å². The summed E-state index contributed by atoms with van der Waals surface area (Å²) in [5.41, 5.74) is 3.14. The Labute approximate surface area is 194 Å². The van der Waals surface area contributed by atoms with Crippen molar-refractivity contribution in [3.63, 3.8) is 0 Å². The maximum atomic E-state index is 12.6. The predicted molar refractivity (Wildman–Crippen MR) is 132 cm³/mol. The first-order chi connectivity index (χ1) is 16.1. The molecule has 6 heteroatoms. The van der Waals surface area contributed by atoms with Gasteiger partial charge >= 0.3 is 0 Å². The normalized spacial score (nSPS) is 10.9. The average Bonchev–Trinajstić information content (AvgIpc) is 2.86. The monoisotopic (exact) mass is 445 g/mol. The Hall–Kier alpha value is -4.19. The van der Waals surface area contributed by atoms with Crippen LogP contribution in [0.5, 0.6) is 23.0 Å². The molecule has 0 aliphatic rings. The number of nitrogens with one attached hydrogen (secondary N) is 1. The summed E-state index contributed by atoms with van der Waals surface area (Å²) in [4.78, 5) is 12.6. The molecular weight excluding hydrogens is 418 g/mol. The van der Waals surface area contributed by atoms with E-state index in [0.717, 1.165) is 16.7 Å². The van der Waals surface area contributed by atoms with Crippen molar-refractivity contribution in [2.24, 2.45) is 0 Å². The van der Waals surface area contributed by atoms with Gasteiger partial charge < -0.3 is 24.3 Å². The van der Waals surface area contributed by atoms with E-state index in [0.29, 0.717) is 28.7 Å². The molecule has 0 spiro atoms. The number of methoxy groups -OCH3 is 4. The number of rotatable bonds is 9. The molecule has 3 aromatic rings. The summed E-state index contributed by atoms with van der Waals surface area (Å²) in [6, 6.07) is 18.9. The van der Waals surface area contributed by atoms with Gasteiger partial charge in [0.25, 0.3) is 0 Å². The number of carbonyl (C=O) groups is 1. The molecule has 0 fully saturated rings. The molecule has 33 heavy (non-hydrogen) atoms. The molecule has 0 aliphatic heterocycles. The Morgan fingerprint density at radius 2 is 1.36 bits per heavy atom. The van der Waals surface area contributed by atoms with Gasteiger partial charge in [0.2, 0.25) is 11.7 Å². The van der Waals surface area contributed by atoms with E-state index < -0.39 is 0 Å². The molecule has 0 saturated carbocycles. The van der Waals surface area contributed by atoms with E-state index in [1.54, 1.807) is 40.6 Å². The molecule has 0 atom stereocenters. The third kappa shape index (κ3) is 5.95. The quantitative estimate of drug-likeness (QED) is 0.346. The van der Waals surface area contributed by atoms with Crippen molar-refractivity contribution >= 4 is 29.8 Å². The molecule has 1 N–H and O–H groups in total. The third-order valence-corrected chi connectivity index (χ3v) is 4.90. The largest absolute Gasteiger partial charge is 0.495 e. The first-order valence-corrected chi connectivity index (χ1v) is 10.3. The molecule has 0 heterocycles. The van der Waals surface area contributed by atoms with Crippen LogP contribution in [0.15, 0.2) is 66.7 Å². The minimum atomic E-state index is -0.259. The Balaban J connectivity index is 1.89. The van der Waals surface area contributed by atoms with Crippen LogP contribution >= 0.6 is 0 Å².